The highest BCUT2D eigenvalue weighted by Gasteiger charge is 2.41. The van der Waals surface area contributed by atoms with Gasteiger partial charge in [-0.3, -0.25) is 9.59 Å². The Balaban J connectivity index is 1.69. The second kappa shape index (κ2) is 10.8. The number of anilines is 1. The molecular weight excluding hydrogens is 451 g/mol. The lowest BCUT2D eigenvalue weighted by atomic mass is 9.93. The smallest absolute Gasteiger partial charge is 0.406 e. The summed E-state index contributed by atoms with van der Waals surface area (Å²) >= 11 is 0. The van der Waals surface area contributed by atoms with Crippen LogP contribution in [0.3, 0.4) is 0 Å². The van der Waals surface area contributed by atoms with Gasteiger partial charge in [-0.2, -0.15) is 13.2 Å². The highest BCUT2D eigenvalue weighted by molar-refractivity contribution is 5.84. The molecular formula is C24H28F3N3O4. The zero-order valence-electron chi connectivity index (χ0n) is 19.1. The van der Waals surface area contributed by atoms with Crippen LogP contribution in [0.15, 0.2) is 36.5 Å². The lowest BCUT2D eigenvalue weighted by Crippen LogP contribution is -2.43. The van der Waals surface area contributed by atoms with Crippen LogP contribution in [0, 0.1) is 12.8 Å². The van der Waals surface area contributed by atoms with Crippen LogP contribution in [0.25, 0.3) is 0 Å². The quantitative estimate of drug-likeness (QED) is 0.519. The van der Waals surface area contributed by atoms with Crippen molar-refractivity contribution in [1.29, 1.82) is 0 Å². The maximum absolute atomic E-state index is 13.2. The molecule has 1 aliphatic rings. The van der Waals surface area contributed by atoms with Gasteiger partial charge in [-0.1, -0.05) is 6.07 Å². The Morgan fingerprint density at radius 2 is 2.06 bits per heavy atom. The second-order valence-electron chi connectivity index (χ2n) is 8.46. The molecule has 1 amide bonds. The van der Waals surface area contributed by atoms with Crippen molar-refractivity contribution in [3.05, 3.63) is 53.2 Å². The molecule has 10 heteroatoms. The van der Waals surface area contributed by atoms with Crippen molar-refractivity contribution in [2.75, 3.05) is 25.0 Å². The number of rotatable bonds is 9. The van der Waals surface area contributed by atoms with Gasteiger partial charge in [0.25, 0.3) is 0 Å². The Kier molecular flexibility index (Phi) is 8.01. The lowest BCUT2D eigenvalue weighted by molar-refractivity contribution is -0.168. The number of nitrogens with zero attached hydrogens (tertiary/aromatic N) is 2. The molecule has 2 atom stereocenters. The van der Waals surface area contributed by atoms with Gasteiger partial charge in [-0.05, 0) is 67.6 Å². The van der Waals surface area contributed by atoms with E-state index in [-0.39, 0.29) is 6.42 Å². The van der Waals surface area contributed by atoms with Gasteiger partial charge in [-0.25, -0.2) is 4.98 Å². The zero-order valence-corrected chi connectivity index (χ0v) is 19.1. The molecule has 1 aliphatic heterocycles. The van der Waals surface area contributed by atoms with Gasteiger partial charge in [-0.15, -0.1) is 0 Å². The van der Waals surface area contributed by atoms with E-state index in [1.54, 1.807) is 24.4 Å². The first-order valence-electron chi connectivity index (χ1n) is 11.0. The predicted molar refractivity (Wildman–Crippen MR) is 120 cm³/mol. The van der Waals surface area contributed by atoms with Crippen molar-refractivity contribution in [2.24, 2.45) is 5.92 Å². The molecule has 2 heterocycles. The number of alkyl halides is 3. The van der Waals surface area contributed by atoms with Gasteiger partial charge in [0, 0.05) is 12.7 Å². The summed E-state index contributed by atoms with van der Waals surface area (Å²) in [6.45, 7) is 3.06. The molecule has 1 aromatic carbocycles. The molecule has 34 heavy (non-hydrogen) atoms. The number of ether oxygens (including phenoxy) is 1. The largest absolute Gasteiger partial charge is 0.494 e. The van der Waals surface area contributed by atoms with Crippen molar-refractivity contribution < 1.29 is 32.6 Å². The maximum Gasteiger partial charge on any atom is 0.406 e. The molecule has 2 unspecified atom stereocenters. The zero-order chi connectivity index (χ0) is 24.9. The first-order valence-corrected chi connectivity index (χ1v) is 11.0. The number of hydrogen-bond acceptors (Lipinski definition) is 5. The fraction of sp³-hybridized carbons (Fsp3) is 0.458. The number of benzene rings is 1. The number of halogens is 3. The van der Waals surface area contributed by atoms with Crippen molar-refractivity contribution in [1.82, 2.24) is 9.88 Å². The van der Waals surface area contributed by atoms with Crippen LogP contribution in [0.1, 0.15) is 42.5 Å². The van der Waals surface area contributed by atoms with Crippen molar-refractivity contribution in [3.8, 4) is 5.75 Å². The second-order valence-corrected chi connectivity index (χ2v) is 8.46. The van der Waals surface area contributed by atoms with E-state index >= 15 is 0 Å². The first kappa shape index (κ1) is 25.3. The van der Waals surface area contributed by atoms with Crippen LogP contribution in [0.5, 0.6) is 5.75 Å². The standard InChI is InChI=1S/C24H28F3N3O4/c1-15-6-8-29-21(10-15)28-7-3-9-34-19-5-4-17-11-18(12-22(31)32)23(33)30(14-24(25,26)27)16(2)20(17)13-19/h4-6,8,10,13,16,18H,3,7,9,11-12,14H2,1-2H3,(H,28,29)(H,31,32). The highest BCUT2D eigenvalue weighted by atomic mass is 19.4. The van der Waals surface area contributed by atoms with E-state index in [2.05, 4.69) is 10.3 Å². The SMILES string of the molecule is Cc1ccnc(NCCCOc2ccc3c(c2)C(C)N(CC(F)(F)F)C(=O)C(CC(=O)O)C3)c1. The highest BCUT2D eigenvalue weighted by Crippen LogP contribution is 2.36. The molecule has 0 saturated heterocycles. The molecule has 0 aliphatic carbocycles. The van der Waals surface area contributed by atoms with Gasteiger partial charge in [0.15, 0.2) is 0 Å². The van der Waals surface area contributed by atoms with E-state index in [0.717, 1.165) is 16.3 Å². The van der Waals surface area contributed by atoms with E-state index in [9.17, 15) is 22.8 Å². The number of carboxylic acids is 1. The molecule has 2 aromatic rings. The summed E-state index contributed by atoms with van der Waals surface area (Å²) in [6.07, 6.45) is -2.68. The maximum atomic E-state index is 13.2. The molecule has 184 valence electrons. The number of carboxylic acid groups (broad SMARTS) is 1. The third kappa shape index (κ3) is 6.85. The van der Waals surface area contributed by atoms with Crippen LogP contribution < -0.4 is 10.1 Å². The third-order valence-electron chi connectivity index (χ3n) is 5.72. The minimum atomic E-state index is -4.60. The minimum Gasteiger partial charge on any atom is -0.494 e. The van der Waals surface area contributed by atoms with Crippen molar-refractivity contribution in [3.63, 3.8) is 0 Å². The Labute approximate surface area is 195 Å². The van der Waals surface area contributed by atoms with Gasteiger partial charge < -0.3 is 20.1 Å². The molecule has 0 radical (unpaired) electrons. The average molecular weight is 479 g/mol. The predicted octanol–water partition coefficient (Wildman–Crippen LogP) is 4.37. The van der Waals surface area contributed by atoms with E-state index in [1.807, 2.05) is 19.1 Å². The molecule has 0 bridgehead atoms. The number of hydrogen-bond donors (Lipinski definition) is 2. The fourth-order valence-electron chi connectivity index (χ4n) is 4.07. The molecule has 0 fully saturated rings. The number of aryl methyl sites for hydroxylation is 1. The summed E-state index contributed by atoms with van der Waals surface area (Å²) in [6, 6.07) is 8.01. The number of carbonyl (C=O) groups excluding carboxylic acids is 1. The van der Waals surface area contributed by atoms with Gasteiger partial charge in [0.2, 0.25) is 5.91 Å². The normalized spacial score (nSPS) is 18.3. The van der Waals surface area contributed by atoms with Gasteiger partial charge >= 0.3 is 12.1 Å². The van der Waals surface area contributed by atoms with E-state index < -0.39 is 43.0 Å². The van der Waals surface area contributed by atoms with Crippen LogP contribution in [0.4, 0.5) is 19.0 Å². The van der Waals surface area contributed by atoms with Crippen LogP contribution >= 0.6 is 0 Å². The van der Waals surface area contributed by atoms with Crippen LogP contribution in [-0.2, 0) is 16.0 Å². The summed E-state index contributed by atoms with van der Waals surface area (Å²) < 4.78 is 45.4. The molecule has 2 N–H and O–H groups in total. The average Bonchev–Trinajstić information content (AvgIpc) is 2.83. The van der Waals surface area contributed by atoms with Crippen molar-refractivity contribution in [2.45, 2.75) is 45.3 Å². The number of carbonyl (C=O) groups is 2. The molecule has 1 aromatic heterocycles. The number of amides is 1. The topological polar surface area (TPSA) is 91.8 Å². The molecule has 3 rings (SSSR count). The van der Waals surface area contributed by atoms with Crippen LogP contribution in [-0.4, -0.2) is 52.7 Å². The molecule has 0 saturated carbocycles. The first-order chi connectivity index (χ1) is 16.0. The monoisotopic (exact) mass is 479 g/mol. The number of nitrogens with one attached hydrogen (secondary N) is 1. The summed E-state index contributed by atoms with van der Waals surface area (Å²) in [5.74, 6) is -1.84. The third-order valence-corrected chi connectivity index (χ3v) is 5.72. The molecule has 0 spiro atoms. The van der Waals surface area contributed by atoms with E-state index in [4.69, 9.17) is 9.84 Å². The fourth-order valence-corrected chi connectivity index (χ4v) is 4.07. The number of aromatic nitrogens is 1. The Morgan fingerprint density at radius 1 is 1.29 bits per heavy atom. The van der Waals surface area contributed by atoms with Gasteiger partial charge in [0.1, 0.15) is 18.1 Å². The van der Waals surface area contributed by atoms with Crippen molar-refractivity contribution >= 4 is 17.7 Å². The van der Waals surface area contributed by atoms with E-state index in [0.29, 0.717) is 36.4 Å². The summed E-state index contributed by atoms with van der Waals surface area (Å²) in [7, 11) is 0. The summed E-state index contributed by atoms with van der Waals surface area (Å²) in [5, 5.41) is 12.4. The van der Waals surface area contributed by atoms with Gasteiger partial charge in [0.05, 0.1) is 25.0 Å². The van der Waals surface area contributed by atoms with E-state index in [1.165, 1.54) is 6.92 Å². The summed E-state index contributed by atoms with van der Waals surface area (Å²) in [4.78, 5) is 29.0. The van der Waals surface area contributed by atoms with Crippen LogP contribution in [0.2, 0.25) is 0 Å². The minimum absolute atomic E-state index is 0.0624. The number of aliphatic carboxylic acids is 1. The Hall–Kier alpha value is -3.30. The molecule has 7 nitrogen and oxygen atoms in total. The number of fused-ring (bicyclic) bond motifs is 1. The lowest BCUT2D eigenvalue weighted by Gasteiger charge is -2.30. The Bertz CT molecular complexity index is 1030. The number of pyridine rings is 1. The summed E-state index contributed by atoms with van der Waals surface area (Å²) in [5.41, 5.74) is 2.28. The Morgan fingerprint density at radius 3 is 2.74 bits per heavy atom.